The Morgan fingerprint density at radius 2 is 1.78 bits per heavy atom. The molecule has 0 aliphatic heterocycles. The summed E-state index contributed by atoms with van der Waals surface area (Å²) in [5.41, 5.74) is 0.538. The predicted molar refractivity (Wildman–Crippen MR) is 98.4 cm³/mol. The van der Waals surface area contributed by atoms with Crippen molar-refractivity contribution in [3.05, 3.63) is 58.1 Å². The van der Waals surface area contributed by atoms with E-state index in [1.807, 2.05) is 0 Å². The molecular weight excluding hydrogens is 372 g/mol. The molecule has 8 nitrogen and oxygen atoms in total. The van der Waals surface area contributed by atoms with Crippen LogP contribution in [0.25, 0.3) is 0 Å². The smallest absolute Gasteiger partial charge is 0.269 e. The van der Waals surface area contributed by atoms with E-state index in [1.54, 1.807) is 18.2 Å². The lowest BCUT2D eigenvalue weighted by molar-refractivity contribution is -0.384. The second-order valence-corrected chi connectivity index (χ2v) is 8.10. The topological polar surface area (TPSA) is 99.0 Å². The van der Waals surface area contributed by atoms with Crippen LogP contribution in [0.15, 0.2) is 47.4 Å². The summed E-state index contributed by atoms with van der Waals surface area (Å²) >= 11 is 0. The van der Waals surface area contributed by atoms with E-state index in [9.17, 15) is 18.5 Å². The Bertz CT molecular complexity index is 939. The Hall–Kier alpha value is -2.65. The zero-order valence-corrected chi connectivity index (χ0v) is 15.8. The maximum Gasteiger partial charge on any atom is 0.269 e. The van der Waals surface area contributed by atoms with E-state index in [1.165, 1.54) is 42.8 Å². The molecule has 2 aromatic carbocycles. The van der Waals surface area contributed by atoms with E-state index >= 15 is 0 Å². The molecule has 0 unspecified atom stereocenters. The molecule has 9 heteroatoms. The van der Waals surface area contributed by atoms with Crippen molar-refractivity contribution >= 4 is 15.7 Å². The minimum Gasteiger partial charge on any atom is -0.497 e. The normalized spacial score (nSPS) is 14.2. The number of benzene rings is 2. The lowest BCUT2D eigenvalue weighted by Crippen LogP contribution is -2.32. The predicted octanol–water partition coefficient (Wildman–Crippen LogP) is 2.97. The summed E-state index contributed by atoms with van der Waals surface area (Å²) < 4.78 is 38.3. The van der Waals surface area contributed by atoms with Gasteiger partial charge >= 0.3 is 0 Å². The lowest BCUT2D eigenvalue weighted by atomic mass is 10.2. The monoisotopic (exact) mass is 392 g/mol. The van der Waals surface area contributed by atoms with Crippen molar-refractivity contribution in [1.82, 2.24) is 4.31 Å². The van der Waals surface area contributed by atoms with Gasteiger partial charge in [0.15, 0.2) is 0 Å². The Balaban J connectivity index is 1.95. The summed E-state index contributed by atoms with van der Waals surface area (Å²) in [6.45, 7) is 0.129. The number of sulfonamides is 1. The highest BCUT2D eigenvalue weighted by Gasteiger charge is 2.38. The molecule has 3 rings (SSSR count). The molecule has 1 aliphatic carbocycles. The highest BCUT2D eigenvalue weighted by Crippen LogP contribution is 2.36. The van der Waals surface area contributed by atoms with Gasteiger partial charge in [-0.3, -0.25) is 10.1 Å². The molecule has 1 fully saturated rings. The molecule has 2 aromatic rings. The maximum absolute atomic E-state index is 13.1. The van der Waals surface area contributed by atoms with Gasteiger partial charge < -0.3 is 9.47 Å². The van der Waals surface area contributed by atoms with Gasteiger partial charge in [0.2, 0.25) is 10.0 Å². The minimum atomic E-state index is -3.81. The van der Waals surface area contributed by atoms with Crippen molar-refractivity contribution in [2.24, 2.45) is 0 Å². The van der Waals surface area contributed by atoms with E-state index in [0.29, 0.717) is 17.1 Å². The van der Waals surface area contributed by atoms with Gasteiger partial charge in [-0.25, -0.2) is 8.42 Å². The molecule has 0 amide bonds. The molecule has 144 valence electrons. The number of methoxy groups -OCH3 is 2. The molecule has 1 aliphatic rings. The van der Waals surface area contributed by atoms with Crippen LogP contribution in [0.1, 0.15) is 18.4 Å². The van der Waals surface area contributed by atoms with Gasteiger partial charge in [0.05, 0.1) is 24.0 Å². The van der Waals surface area contributed by atoms with Crippen molar-refractivity contribution < 1.29 is 22.8 Å². The van der Waals surface area contributed by atoms with Crippen LogP contribution < -0.4 is 9.47 Å². The third-order valence-electron chi connectivity index (χ3n) is 4.42. The average molecular weight is 392 g/mol. The quantitative estimate of drug-likeness (QED) is 0.506. The summed E-state index contributed by atoms with van der Waals surface area (Å²) in [6.07, 6.45) is 1.55. The summed E-state index contributed by atoms with van der Waals surface area (Å²) in [4.78, 5) is 10.3. The lowest BCUT2D eigenvalue weighted by Gasteiger charge is -2.23. The van der Waals surface area contributed by atoms with Crippen LogP contribution in [0.5, 0.6) is 11.5 Å². The van der Waals surface area contributed by atoms with Crippen molar-refractivity contribution in [2.45, 2.75) is 30.3 Å². The summed E-state index contributed by atoms with van der Waals surface area (Å²) in [5, 5.41) is 10.8. The molecular formula is C18H20N2O6S. The van der Waals surface area contributed by atoms with Crippen molar-refractivity contribution in [1.29, 1.82) is 0 Å². The number of hydrogen-bond acceptors (Lipinski definition) is 6. The fourth-order valence-corrected chi connectivity index (χ4v) is 4.48. The summed E-state index contributed by atoms with van der Waals surface area (Å²) in [5.74, 6) is 1.18. The number of nitrogens with zero attached hydrogens (tertiary/aromatic N) is 2. The summed E-state index contributed by atoms with van der Waals surface area (Å²) in [7, 11) is -0.744. The number of ether oxygens (including phenoxy) is 2. The van der Waals surface area contributed by atoms with Crippen LogP contribution in [0.2, 0.25) is 0 Å². The first-order chi connectivity index (χ1) is 12.9. The molecule has 27 heavy (non-hydrogen) atoms. The van der Waals surface area contributed by atoms with Gasteiger partial charge in [-0.2, -0.15) is 4.31 Å². The molecule has 0 aromatic heterocycles. The van der Waals surface area contributed by atoms with Crippen molar-refractivity contribution in [3.8, 4) is 11.5 Å². The maximum atomic E-state index is 13.1. The van der Waals surface area contributed by atoms with E-state index < -0.39 is 14.9 Å². The second-order valence-electron chi connectivity index (χ2n) is 6.21. The first-order valence-electron chi connectivity index (χ1n) is 8.34. The number of non-ortho nitro benzene ring substituents is 1. The van der Waals surface area contributed by atoms with E-state index in [0.717, 1.165) is 12.8 Å². The fraction of sp³-hybridized carbons (Fsp3) is 0.333. The second kappa shape index (κ2) is 7.53. The zero-order valence-electron chi connectivity index (χ0n) is 15.0. The Labute approximate surface area is 157 Å². The van der Waals surface area contributed by atoms with Gasteiger partial charge in [0.25, 0.3) is 5.69 Å². The SMILES string of the molecule is COc1ccc(OC)c(CN(C2CC2)S(=O)(=O)c2ccc([N+](=O)[O-])cc2)c1. The largest absolute Gasteiger partial charge is 0.497 e. The Morgan fingerprint density at radius 1 is 1.11 bits per heavy atom. The Morgan fingerprint density at radius 3 is 2.30 bits per heavy atom. The minimum absolute atomic E-state index is 0.0295. The van der Waals surface area contributed by atoms with Gasteiger partial charge in [-0.05, 0) is 43.2 Å². The van der Waals surface area contributed by atoms with Crippen LogP contribution in [-0.2, 0) is 16.6 Å². The van der Waals surface area contributed by atoms with Crippen LogP contribution in [0.4, 0.5) is 5.69 Å². The van der Waals surface area contributed by atoms with Crippen molar-refractivity contribution in [3.63, 3.8) is 0 Å². The van der Waals surface area contributed by atoms with Crippen LogP contribution in [-0.4, -0.2) is 37.9 Å². The van der Waals surface area contributed by atoms with E-state index in [-0.39, 0.29) is 23.2 Å². The van der Waals surface area contributed by atoms with Crippen LogP contribution in [0, 0.1) is 10.1 Å². The molecule has 1 saturated carbocycles. The molecule has 0 bridgehead atoms. The summed E-state index contributed by atoms with van der Waals surface area (Å²) in [6, 6.07) is 10.1. The Kier molecular flexibility index (Phi) is 5.33. The number of hydrogen-bond donors (Lipinski definition) is 0. The molecule has 0 spiro atoms. The molecule has 0 heterocycles. The molecule has 0 saturated heterocycles. The number of nitro groups is 1. The van der Waals surface area contributed by atoms with Gasteiger partial charge in [0, 0.05) is 30.3 Å². The van der Waals surface area contributed by atoms with Crippen LogP contribution in [0.3, 0.4) is 0 Å². The average Bonchev–Trinajstić information content (AvgIpc) is 3.50. The first-order valence-corrected chi connectivity index (χ1v) is 9.78. The van der Waals surface area contributed by atoms with Crippen LogP contribution >= 0.6 is 0 Å². The van der Waals surface area contributed by atoms with E-state index in [4.69, 9.17) is 9.47 Å². The standard InChI is InChI=1S/C18H20N2O6S/c1-25-16-7-10-18(26-2)13(11-16)12-19(14-3-4-14)27(23,24)17-8-5-15(6-9-17)20(21)22/h5-11,14H,3-4,12H2,1-2H3. The molecule has 0 atom stereocenters. The first kappa shape index (κ1) is 19.1. The third-order valence-corrected chi connectivity index (χ3v) is 6.33. The molecule has 0 N–H and O–H groups in total. The number of rotatable bonds is 8. The highest BCUT2D eigenvalue weighted by atomic mass is 32.2. The van der Waals surface area contributed by atoms with Gasteiger partial charge in [-0.15, -0.1) is 0 Å². The number of nitro benzene ring substituents is 1. The zero-order chi connectivity index (χ0) is 19.6. The fourth-order valence-electron chi connectivity index (χ4n) is 2.82. The van der Waals surface area contributed by atoms with E-state index in [2.05, 4.69) is 0 Å². The van der Waals surface area contributed by atoms with Gasteiger partial charge in [0.1, 0.15) is 11.5 Å². The van der Waals surface area contributed by atoms with Gasteiger partial charge in [-0.1, -0.05) is 0 Å². The molecule has 0 radical (unpaired) electrons. The third kappa shape index (κ3) is 4.04. The highest BCUT2D eigenvalue weighted by molar-refractivity contribution is 7.89. The van der Waals surface area contributed by atoms with Crippen molar-refractivity contribution in [2.75, 3.05) is 14.2 Å².